The van der Waals surface area contributed by atoms with Gasteiger partial charge in [0.2, 0.25) is 0 Å². The summed E-state index contributed by atoms with van der Waals surface area (Å²) in [6, 6.07) is 32.8. The lowest BCUT2D eigenvalue weighted by Gasteiger charge is -2.01. The lowest BCUT2D eigenvalue weighted by atomic mass is 10.2. The molecule has 8 aromatic rings. The fourth-order valence-corrected chi connectivity index (χ4v) is 5.09. The van der Waals surface area contributed by atoms with Gasteiger partial charge in [-0.1, -0.05) is 48.5 Å². The molecule has 4 aromatic carbocycles. The highest BCUT2D eigenvalue weighted by molar-refractivity contribution is 5.99. The van der Waals surface area contributed by atoms with E-state index in [1.54, 1.807) is 14.2 Å². The van der Waals surface area contributed by atoms with E-state index in [9.17, 15) is 0 Å². The second-order valence-corrected chi connectivity index (χ2v) is 9.13. The standard InChI is InChI=1S/2C16H12N2O/c2*1-19-12-6-7-15-14(10-12)17-16-13-5-3-2-4-11(13)8-9-18(15)16/h2*2-10H,1H3. The monoisotopic (exact) mass is 496 g/mol. The van der Waals surface area contributed by atoms with Crippen LogP contribution in [0.2, 0.25) is 0 Å². The SMILES string of the molecule is COc1ccc2c(c1)nc1c3ccccc3ccn21.COc1ccc2c(c1)nc1c3ccccc3ccn21. The third-order valence-electron chi connectivity index (χ3n) is 7.00. The Morgan fingerprint density at radius 3 is 1.42 bits per heavy atom. The molecule has 0 unspecified atom stereocenters. The van der Waals surface area contributed by atoms with E-state index in [2.05, 4.69) is 57.6 Å². The number of ether oxygens (including phenoxy) is 2. The average Bonchev–Trinajstić information content (AvgIpc) is 3.55. The minimum atomic E-state index is 0.834. The molecular formula is C32H24N4O2. The summed E-state index contributed by atoms with van der Waals surface area (Å²) in [7, 11) is 3.35. The number of hydrogen-bond donors (Lipinski definition) is 0. The van der Waals surface area contributed by atoms with Crippen LogP contribution in [0.15, 0.2) is 109 Å². The molecular weight excluding hydrogens is 472 g/mol. The zero-order valence-corrected chi connectivity index (χ0v) is 21.0. The van der Waals surface area contributed by atoms with Crippen LogP contribution >= 0.6 is 0 Å². The van der Waals surface area contributed by atoms with Crippen LogP contribution in [0.4, 0.5) is 0 Å². The average molecular weight is 497 g/mol. The molecule has 0 amide bonds. The molecule has 6 heteroatoms. The fraction of sp³-hybridized carbons (Fsp3) is 0.0625. The maximum Gasteiger partial charge on any atom is 0.145 e. The first kappa shape index (κ1) is 22.1. The molecule has 0 saturated carbocycles. The summed E-state index contributed by atoms with van der Waals surface area (Å²) >= 11 is 0. The zero-order chi connectivity index (χ0) is 25.6. The van der Waals surface area contributed by atoms with Gasteiger partial charge >= 0.3 is 0 Å². The summed E-state index contributed by atoms with van der Waals surface area (Å²) in [5, 5.41) is 4.75. The molecule has 0 saturated heterocycles. The van der Waals surface area contributed by atoms with Crippen LogP contribution in [0, 0.1) is 0 Å². The number of aromatic nitrogens is 4. The first-order valence-electron chi connectivity index (χ1n) is 12.4. The van der Waals surface area contributed by atoms with Gasteiger partial charge < -0.3 is 9.47 Å². The highest BCUT2D eigenvalue weighted by Gasteiger charge is 2.09. The lowest BCUT2D eigenvalue weighted by Crippen LogP contribution is -1.85. The Labute approximate surface area is 218 Å². The van der Waals surface area contributed by atoms with Gasteiger partial charge in [0, 0.05) is 35.3 Å². The topological polar surface area (TPSA) is 53.1 Å². The van der Waals surface area contributed by atoms with Gasteiger partial charge in [0.15, 0.2) is 0 Å². The Balaban J connectivity index is 0.000000127. The van der Waals surface area contributed by atoms with E-state index in [0.717, 1.165) is 44.9 Å². The number of nitrogens with zero attached hydrogens (tertiary/aromatic N) is 4. The van der Waals surface area contributed by atoms with Gasteiger partial charge in [0.05, 0.1) is 36.3 Å². The highest BCUT2D eigenvalue weighted by atomic mass is 16.5. The van der Waals surface area contributed by atoms with Crippen molar-refractivity contribution < 1.29 is 9.47 Å². The normalized spacial score (nSPS) is 11.4. The number of fused-ring (bicyclic) bond motifs is 10. The second kappa shape index (κ2) is 8.78. The van der Waals surface area contributed by atoms with Crippen molar-refractivity contribution in [3.05, 3.63) is 109 Å². The molecule has 8 rings (SSSR count). The number of pyridine rings is 2. The number of hydrogen-bond acceptors (Lipinski definition) is 4. The van der Waals surface area contributed by atoms with E-state index < -0.39 is 0 Å². The third-order valence-corrected chi connectivity index (χ3v) is 7.00. The van der Waals surface area contributed by atoms with E-state index in [1.807, 2.05) is 60.7 Å². The maximum atomic E-state index is 5.26. The van der Waals surface area contributed by atoms with E-state index in [0.29, 0.717) is 0 Å². The molecule has 0 aliphatic heterocycles. The Morgan fingerprint density at radius 2 is 0.974 bits per heavy atom. The van der Waals surface area contributed by atoms with Crippen molar-refractivity contribution in [2.75, 3.05) is 14.2 Å². The van der Waals surface area contributed by atoms with E-state index in [4.69, 9.17) is 19.4 Å². The first-order valence-corrected chi connectivity index (χ1v) is 12.4. The van der Waals surface area contributed by atoms with Crippen LogP contribution in [0.25, 0.3) is 54.9 Å². The minimum Gasteiger partial charge on any atom is -0.497 e. The molecule has 0 N–H and O–H groups in total. The van der Waals surface area contributed by atoms with Crippen LogP contribution in [0.5, 0.6) is 11.5 Å². The predicted molar refractivity (Wildman–Crippen MR) is 154 cm³/mol. The van der Waals surface area contributed by atoms with Crippen LogP contribution < -0.4 is 9.47 Å². The van der Waals surface area contributed by atoms with Gasteiger partial charge in [-0.15, -0.1) is 0 Å². The van der Waals surface area contributed by atoms with Crippen LogP contribution in [-0.2, 0) is 0 Å². The molecule has 0 aliphatic carbocycles. The Hall–Kier alpha value is -5.10. The molecule has 0 atom stereocenters. The quantitative estimate of drug-likeness (QED) is 0.252. The molecule has 6 nitrogen and oxygen atoms in total. The lowest BCUT2D eigenvalue weighted by molar-refractivity contribution is 0.415. The third kappa shape index (κ3) is 3.50. The van der Waals surface area contributed by atoms with E-state index in [1.165, 1.54) is 21.5 Å². The van der Waals surface area contributed by atoms with Crippen molar-refractivity contribution in [3.63, 3.8) is 0 Å². The van der Waals surface area contributed by atoms with Gasteiger partial charge in [-0.05, 0) is 47.2 Å². The molecule has 4 aromatic heterocycles. The van der Waals surface area contributed by atoms with Crippen LogP contribution in [0.1, 0.15) is 0 Å². The summed E-state index contributed by atoms with van der Waals surface area (Å²) in [6.45, 7) is 0. The number of rotatable bonds is 2. The molecule has 0 bridgehead atoms. The number of methoxy groups -OCH3 is 2. The summed E-state index contributed by atoms with van der Waals surface area (Å²) in [5.74, 6) is 1.67. The van der Waals surface area contributed by atoms with Gasteiger partial charge in [-0.25, -0.2) is 9.97 Å². The minimum absolute atomic E-state index is 0.834. The molecule has 0 spiro atoms. The summed E-state index contributed by atoms with van der Waals surface area (Å²) < 4.78 is 14.8. The fourth-order valence-electron chi connectivity index (χ4n) is 5.09. The molecule has 0 aliphatic rings. The Morgan fingerprint density at radius 1 is 0.526 bits per heavy atom. The van der Waals surface area contributed by atoms with E-state index in [-0.39, 0.29) is 0 Å². The highest BCUT2D eigenvalue weighted by Crippen LogP contribution is 2.27. The summed E-state index contributed by atoms with van der Waals surface area (Å²) in [6.07, 6.45) is 4.14. The second-order valence-electron chi connectivity index (χ2n) is 9.13. The summed E-state index contributed by atoms with van der Waals surface area (Å²) in [4.78, 5) is 9.47. The molecule has 0 radical (unpaired) electrons. The van der Waals surface area contributed by atoms with Crippen LogP contribution in [0.3, 0.4) is 0 Å². The summed E-state index contributed by atoms with van der Waals surface area (Å²) in [5.41, 5.74) is 6.08. The maximum absolute atomic E-state index is 5.26. The molecule has 0 fully saturated rings. The van der Waals surface area contributed by atoms with Gasteiger partial charge in [-0.3, -0.25) is 8.80 Å². The smallest absolute Gasteiger partial charge is 0.145 e. The number of imidazole rings is 2. The van der Waals surface area contributed by atoms with E-state index >= 15 is 0 Å². The molecule has 184 valence electrons. The Kier molecular flexibility index (Phi) is 5.11. The zero-order valence-electron chi connectivity index (χ0n) is 21.0. The largest absolute Gasteiger partial charge is 0.497 e. The molecule has 38 heavy (non-hydrogen) atoms. The van der Waals surface area contributed by atoms with Gasteiger partial charge in [0.1, 0.15) is 22.8 Å². The van der Waals surface area contributed by atoms with Gasteiger partial charge in [-0.2, -0.15) is 0 Å². The van der Waals surface area contributed by atoms with Gasteiger partial charge in [0.25, 0.3) is 0 Å². The van der Waals surface area contributed by atoms with Crippen molar-refractivity contribution in [3.8, 4) is 11.5 Å². The molecule has 4 heterocycles. The van der Waals surface area contributed by atoms with Crippen molar-refractivity contribution in [2.24, 2.45) is 0 Å². The Bertz CT molecular complexity index is 1970. The van der Waals surface area contributed by atoms with Crippen molar-refractivity contribution in [1.82, 2.24) is 18.8 Å². The van der Waals surface area contributed by atoms with Crippen molar-refractivity contribution in [1.29, 1.82) is 0 Å². The number of benzene rings is 4. The van der Waals surface area contributed by atoms with Crippen molar-refractivity contribution >= 4 is 54.9 Å². The van der Waals surface area contributed by atoms with Crippen LogP contribution in [-0.4, -0.2) is 33.0 Å². The predicted octanol–water partition coefficient (Wildman–Crippen LogP) is 7.30. The van der Waals surface area contributed by atoms with Crippen molar-refractivity contribution in [2.45, 2.75) is 0 Å². The first-order chi connectivity index (χ1) is 18.7.